The maximum absolute atomic E-state index is 14.7. The van der Waals surface area contributed by atoms with Crippen molar-refractivity contribution < 1.29 is 8.78 Å². The number of aromatic nitrogens is 1. The molecule has 1 aromatic carbocycles. The highest BCUT2D eigenvalue weighted by Crippen LogP contribution is 2.29. The van der Waals surface area contributed by atoms with Gasteiger partial charge in [0.2, 0.25) is 0 Å². The second-order valence-corrected chi connectivity index (χ2v) is 5.08. The van der Waals surface area contributed by atoms with Crippen molar-refractivity contribution in [1.29, 1.82) is 0 Å². The van der Waals surface area contributed by atoms with E-state index in [9.17, 15) is 8.78 Å². The molecular weight excluding hydrogens is 270 g/mol. The fourth-order valence-electron chi connectivity index (χ4n) is 2.38. The molecule has 1 unspecified atom stereocenters. The van der Waals surface area contributed by atoms with Gasteiger partial charge in [0.05, 0.1) is 6.54 Å². The molecule has 21 heavy (non-hydrogen) atoms. The van der Waals surface area contributed by atoms with Crippen LogP contribution in [0.3, 0.4) is 0 Å². The van der Waals surface area contributed by atoms with E-state index >= 15 is 0 Å². The van der Waals surface area contributed by atoms with E-state index in [1.165, 1.54) is 12.1 Å². The summed E-state index contributed by atoms with van der Waals surface area (Å²) in [6.07, 6.45) is 1.94. The number of anilines is 1. The van der Waals surface area contributed by atoms with E-state index in [0.29, 0.717) is 24.3 Å². The molecule has 1 atom stereocenters. The summed E-state index contributed by atoms with van der Waals surface area (Å²) in [5, 5.41) is 0. The van der Waals surface area contributed by atoms with Gasteiger partial charge in [-0.2, -0.15) is 0 Å². The minimum atomic E-state index is -1.58. The zero-order valence-corrected chi connectivity index (χ0v) is 11.4. The third-order valence-electron chi connectivity index (χ3n) is 3.47. The standard InChI is InChI=1S/C17H14F2N2/c18-14-4-3-6-16(12-14)21-11-9-17(19,13-21)8-7-15-5-1-2-10-20-15/h1-6,10,12H,9,11,13H2. The first-order chi connectivity index (χ1) is 10.1. The molecule has 2 nitrogen and oxygen atoms in total. The summed E-state index contributed by atoms with van der Waals surface area (Å²) in [4.78, 5) is 5.87. The molecule has 0 spiro atoms. The third-order valence-corrected chi connectivity index (χ3v) is 3.47. The SMILES string of the molecule is Fc1cccc(N2CCC(F)(C#Cc3ccccn3)C2)c1. The van der Waals surface area contributed by atoms with E-state index in [1.54, 1.807) is 30.5 Å². The molecule has 106 valence electrons. The normalized spacial score (nSPS) is 21.0. The van der Waals surface area contributed by atoms with Gasteiger partial charge in [-0.15, -0.1) is 0 Å². The van der Waals surface area contributed by atoms with Gasteiger partial charge in [-0.1, -0.05) is 18.1 Å². The van der Waals surface area contributed by atoms with E-state index in [0.717, 1.165) is 0 Å². The summed E-state index contributed by atoms with van der Waals surface area (Å²) in [6.45, 7) is 0.674. The summed E-state index contributed by atoms with van der Waals surface area (Å²) in [5.41, 5.74) is -0.336. The van der Waals surface area contributed by atoms with Crippen LogP contribution < -0.4 is 4.90 Å². The van der Waals surface area contributed by atoms with Crippen LogP contribution in [-0.2, 0) is 0 Å². The number of hydrogen-bond donors (Lipinski definition) is 0. The Morgan fingerprint density at radius 3 is 2.86 bits per heavy atom. The summed E-state index contributed by atoms with van der Waals surface area (Å²) in [6, 6.07) is 11.5. The molecule has 0 N–H and O–H groups in total. The topological polar surface area (TPSA) is 16.1 Å². The molecule has 0 amide bonds. The molecule has 1 aliphatic rings. The van der Waals surface area contributed by atoms with Gasteiger partial charge in [0.1, 0.15) is 11.5 Å². The van der Waals surface area contributed by atoms with Crippen molar-refractivity contribution in [2.75, 3.05) is 18.0 Å². The van der Waals surface area contributed by atoms with Crippen LogP contribution in [0, 0.1) is 17.7 Å². The van der Waals surface area contributed by atoms with Gasteiger partial charge < -0.3 is 4.90 Å². The summed E-state index contributed by atoms with van der Waals surface area (Å²) in [7, 11) is 0. The van der Waals surface area contributed by atoms with Crippen LogP contribution in [-0.4, -0.2) is 23.7 Å². The van der Waals surface area contributed by atoms with E-state index in [4.69, 9.17) is 0 Å². The first-order valence-electron chi connectivity index (χ1n) is 6.78. The van der Waals surface area contributed by atoms with Crippen LogP contribution >= 0.6 is 0 Å². The molecule has 0 radical (unpaired) electrons. The van der Waals surface area contributed by atoms with Gasteiger partial charge in [0, 0.05) is 24.8 Å². The molecule has 0 aliphatic carbocycles. The van der Waals surface area contributed by atoms with Crippen LogP contribution in [0.2, 0.25) is 0 Å². The van der Waals surface area contributed by atoms with Gasteiger partial charge in [0.15, 0.2) is 5.67 Å². The van der Waals surface area contributed by atoms with Gasteiger partial charge in [-0.3, -0.25) is 0 Å². The Hall–Kier alpha value is -2.41. The lowest BCUT2D eigenvalue weighted by molar-refractivity contribution is 0.274. The largest absolute Gasteiger partial charge is 0.367 e. The number of pyridine rings is 1. The Morgan fingerprint density at radius 2 is 2.10 bits per heavy atom. The monoisotopic (exact) mass is 284 g/mol. The Morgan fingerprint density at radius 1 is 1.19 bits per heavy atom. The molecule has 1 saturated heterocycles. The lowest BCUT2D eigenvalue weighted by Crippen LogP contribution is -2.27. The average Bonchev–Trinajstić information content (AvgIpc) is 2.90. The summed E-state index contributed by atoms with van der Waals surface area (Å²) < 4.78 is 27.9. The van der Waals surface area contributed by atoms with Crippen LogP contribution in [0.4, 0.5) is 14.5 Å². The lowest BCUT2D eigenvalue weighted by atomic mass is 10.1. The van der Waals surface area contributed by atoms with E-state index in [1.807, 2.05) is 11.0 Å². The van der Waals surface area contributed by atoms with Crippen LogP contribution in [0.5, 0.6) is 0 Å². The molecule has 2 heterocycles. The first kappa shape index (κ1) is 13.6. The average molecular weight is 284 g/mol. The molecule has 3 rings (SSSR count). The predicted octanol–water partition coefficient (Wildman–Crippen LogP) is 3.19. The van der Waals surface area contributed by atoms with E-state index in [2.05, 4.69) is 16.8 Å². The maximum Gasteiger partial charge on any atom is 0.190 e. The highest BCUT2D eigenvalue weighted by molar-refractivity contribution is 5.49. The van der Waals surface area contributed by atoms with Crippen molar-refractivity contribution in [3.8, 4) is 11.8 Å². The number of nitrogens with zero attached hydrogens (tertiary/aromatic N) is 2. The second kappa shape index (κ2) is 5.53. The van der Waals surface area contributed by atoms with E-state index in [-0.39, 0.29) is 12.4 Å². The van der Waals surface area contributed by atoms with E-state index < -0.39 is 5.67 Å². The Bertz CT molecular complexity index is 691. The maximum atomic E-state index is 14.7. The number of halogens is 2. The molecule has 1 aromatic heterocycles. The van der Waals surface area contributed by atoms with Crippen molar-refractivity contribution in [1.82, 2.24) is 4.98 Å². The number of rotatable bonds is 1. The van der Waals surface area contributed by atoms with Gasteiger partial charge in [-0.05, 0) is 36.3 Å². The van der Waals surface area contributed by atoms with Gasteiger partial charge in [0.25, 0.3) is 0 Å². The highest BCUT2D eigenvalue weighted by atomic mass is 19.1. The van der Waals surface area contributed by atoms with Gasteiger partial charge in [-0.25, -0.2) is 13.8 Å². The Labute approximate surface area is 122 Å². The number of benzene rings is 1. The molecule has 4 heteroatoms. The Balaban J connectivity index is 1.75. The molecular formula is C17H14F2N2. The smallest absolute Gasteiger partial charge is 0.190 e. The van der Waals surface area contributed by atoms with Gasteiger partial charge >= 0.3 is 0 Å². The van der Waals surface area contributed by atoms with Crippen molar-refractivity contribution in [2.45, 2.75) is 12.1 Å². The molecule has 1 fully saturated rings. The highest BCUT2D eigenvalue weighted by Gasteiger charge is 2.37. The molecule has 1 aliphatic heterocycles. The molecule has 2 aromatic rings. The zero-order chi connectivity index (χ0) is 14.7. The fraction of sp³-hybridized carbons (Fsp3) is 0.235. The van der Waals surface area contributed by atoms with Crippen LogP contribution in [0.15, 0.2) is 48.7 Å². The predicted molar refractivity (Wildman–Crippen MR) is 78.2 cm³/mol. The van der Waals surface area contributed by atoms with Crippen molar-refractivity contribution >= 4 is 5.69 Å². The lowest BCUT2D eigenvalue weighted by Gasteiger charge is -2.19. The van der Waals surface area contributed by atoms with Crippen LogP contribution in [0.1, 0.15) is 12.1 Å². The van der Waals surface area contributed by atoms with Crippen molar-refractivity contribution in [3.63, 3.8) is 0 Å². The Kier molecular flexibility index (Phi) is 3.57. The number of alkyl halides is 1. The summed E-state index contributed by atoms with van der Waals surface area (Å²) >= 11 is 0. The first-order valence-corrected chi connectivity index (χ1v) is 6.78. The molecule has 0 saturated carbocycles. The minimum Gasteiger partial charge on any atom is -0.367 e. The molecule has 0 bridgehead atoms. The quantitative estimate of drug-likeness (QED) is 0.748. The summed E-state index contributed by atoms with van der Waals surface area (Å²) in [5.74, 6) is 5.13. The third kappa shape index (κ3) is 3.19. The number of hydrogen-bond acceptors (Lipinski definition) is 2. The van der Waals surface area contributed by atoms with Crippen molar-refractivity contribution in [2.24, 2.45) is 0 Å². The second-order valence-electron chi connectivity index (χ2n) is 5.08. The zero-order valence-electron chi connectivity index (χ0n) is 11.4. The minimum absolute atomic E-state index is 0.149. The van der Waals surface area contributed by atoms with Crippen molar-refractivity contribution in [3.05, 3.63) is 60.2 Å². The fourth-order valence-corrected chi connectivity index (χ4v) is 2.38. The van der Waals surface area contributed by atoms with Crippen LogP contribution in [0.25, 0.3) is 0 Å².